The van der Waals surface area contributed by atoms with E-state index in [1.165, 1.54) is 4.52 Å². The minimum atomic E-state index is -0.444. The van der Waals surface area contributed by atoms with E-state index in [0.29, 0.717) is 23.9 Å². The van der Waals surface area contributed by atoms with Crippen LogP contribution < -0.4 is 10.9 Å². The van der Waals surface area contributed by atoms with Gasteiger partial charge in [0.05, 0.1) is 18.0 Å². The van der Waals surface area contributed by atoms with E-state index < -0.39 is 11.5 Å². The summed E-state index contributed by atoms with van der Waals surface area (Å²) in [6.45, 7) is 1.10. The molecule has 26 heavy (non-hydrogen) atoms. The number of halogens is 1. The van der Waals surface area contributed by atoms with Crippen LogP contribution in [0.5, 0.6) is 0 Å². The molecule has 8 nitrogen and oxygen atoms in total. The van der Waals surface area contributed by atoms with Gasteiger partial charge in [0.1, 0.15) is 0 Å². The lowest BCUT2D eigenvalue weighted by Crippen LogP contribution is -2.32. The van der Waals surface area contributed by atoms with Crippen LogP contribution in [0.4, 0.5) is 0 Å². The van der Waals surface area contributed by atoms with Crippen molar-refractivity contribution in [1.82, 2.24) is 25.1 Å². The maximum absolute atomic E-state index is 12.5. The number of benzene rings is 1. The molecule has 1 fully saturated rings. The van der Waals surface area contributed by atoms with Crippen molar-refractivity contribution in [1.29, 1.82) is 0 Å². The molecule has 1 saturated heterocycles. The van der Waals surface area contributed by atoms with Crippen LogP contribution in [0.25, 0.3) is 16.8 Å². The summed E-state index contributed by atoms with van der Waals surface area (Å²) < 4.78 is 6.78. The first-order valence-electron chi connectivity index (χ1n) is 8.26. The van der Waals surface area contributed by atoms with Crippen molar-refractivity contribution in [3.8, 4) is 11.3 Å². The first-order chi connectivity index (χ1) is 12.6. The summed E-state index contributed by atoms with van der Waals surface area (Å²) in [7, 11) is 0. The van der Waals surface area contributed by atoms with Crippen molar-refractivity contribution in [2.24, 2.45) is 0 Å². The zero-order chi connectivity index (χ0) is 18.1. The van der Waals surface area contributed by atoms with Gasteiger partial charge in [0.25, 0.3) is 11.5 Å². The third-order valence-electron chi connectivity index (χ3n) is 4.29. The second-order valence-corrected chi connectivity index (χ2v) is 6.52. The third-order valence-corrected chi connectivity index (χ3v) is 4.55. The smallest absolute Gasteiger partial charge is 0.276 e. The molecule has 2 N–H and O–H groups in total. The van der Waals surface area contributed by atoms with Gasteiger partial charge in [-0.2, -0.15) is 0 Å². The molecule has 1 aliphatic rings. The Labute approximate surface area is 153 Å². The molecule has 9 heteroatoms. The highest BCUT2D eigenvalue weighted by Crippen LogP contribution is 2.19. The van der Waals surface area contributed by atoms with Crippen LogP contribution in [-0.2, 0) is 4.74 Å². The summed E-state index contributed by atoms with van der Waals surface area (Å²) in [4.78, 5) is 27.6. The monoisotopic (exact) mass is 373 g/mol. The number of hydrogen-bond acceptors (Lipinski definition) is 5. The van der Waals surface area contributed by atoms with E-state index in [9.17, 15) is 9.59 Å². The standard InChI is InChI=1S/C17H16ClN5O3/c18-11-5-3-10(4-6-11)13-9-23-15(17(25)20-13)14(21-22-23)16(24)19-8-12-2-1-7-26-12/h3-6,9,12H,1-2,7-8H2,(H,19,24)(H,20,25). The largest absolute Gasteiger partial charge is 0.376 e. The highest BCUT2D eigenvalue weighted by atomic mass is 35.5. The molecule has 1 atom stereocenters. The molecule has 3 heterocycles. The number of ether oxygens (including phenoxy) is 1. The zero-order valence-electron chi connectivity index (χ0n) is 13.7. The average molecular weight is 374 g/mol. The van der Waals surface area contributed by atoms with Crippen LogP contribution in [0.15, 0.2) is 35.3 Å². The molecular formula is C17H16ClN5O3. The summed E-state index contributed by atoms with van der Waals surface area (Å²) in [6.07, 6.45) is 3.52. The lowest BCUT2D eigenvalue weighted by atomic mass is 10.1. The number of carbonyl (C=O) groups excluding carboxylic acids is 1. The van der Waals surface area contributed by atoms with E-state index in [1.54, 1.807) is 30.5 Å². The number of aromatic nitrogens is 4. The molecule has 1 amide bonds. The number of fused-ring (bicyclic) bond motifs is 1. The predicted octanol–water partition coefficient (Wildman–Crippen LogP) is 1.65. The maximum atomic E-state index is 12.5. The molecular weight excluding hydrogens is 358 g/mol. The zero-order valence-corrected chi connectivity index (χ0v) is 14.5. The van der Waals surface area contributed by atoms with Gasteiger partial charge >= 0.3 is 0 Å². The van der Waals surface area contributed by atoms with Gasteiger partial charge in [-0.1, -0.05) is 28.9 Å². The van der Waals surface area contributed by atoms with E-state index in [2.05, 4.69) is 20.6 Å². The number of rotatable bonds is 4. The van der Waals surface area contributed by atoms with Crippen LogP contribution in [0.3, 0.4) is 0 Å². The summed E-state index contributed by atoms with van der Waals surface area (Å²) in [5.74, 6) is -0.444. The Morgan fingerprint density at radius 1 is 1.38 bits per heavy atom. The average Bonchev–Trinajstić information content (AvgIpc) is 3.30. The minimum Gasteiger partial charge on any atom is -0.376 e. The number of amides is 1. The number of H-pyrrole nitrogens is 1. The van der Waals surface area contributed by atoms with Gasteiger partial charge in [0, 0.05) is 18.2 Å². The lowest BCUT2D eigenvalue weighted by Gasteiger charge is -2.09. The molecule has 1 aliphatic heterocycles. The molecule has 4 rings (SSSR count). The Morgan fingerprint density at radius 2 is 2.19 bits per heavy atom. The van der Waals surface area contributed by atoms with Crippen molar-refractivity contribution in [2.75, 3.05) is 13.2 Å². The fourth-order valence-electron chi connectivity index (χ4n) is 2.96. The Balaban J connectivity index is 1.62. The molecule has 1 aromatic carbocycles. The van der Waals surface area contributed by atoms with Crippen molar-refractivity contribution >= 4 is 23.0 Å². The van der Waals surface area contributed by atoms with E-state index >= 15 is 0 Å². The molecule has 2 aromatic heterocycles. The molecule has 0 radical (unpaired) electrons. The van der Waals surface area contributed by atoms with Crippen LogP contribution in [0, 0.1) is 0 Å². The normalized spacial score (nSPS) is 16.9. The first kappa shape index (κ1) is 16.7. The van der Waals surface area contributed by atoms with Crippen molar-refractivity contribution in [3.05, 3.63) is 51.5 Å². The van der Waals surface area contributed by atoms with Crippen LogP contribution in [0.2, 0.25) is 5.02 Å². The third kappa shape index (κ3) is 3.21. The summed E-state index contributed by atoms with van der Waals surface area (Å²) in [6, 6.07) is 7.02. The minimum absolute atomic E-state index is 0.00750. The van der Waals surface area contributed by atoms with Gasteiger partial charge in [-0.3, -0.25) is 9.59 Å². The van der Waals surface area contributed by atoms with E-state index in [-0.39, 0.29) is 17.3 Å². The van der Waals surface area contributed by atoms with Gasteiger partial charge < -0.3 is 15.0 Å². The quantitative estimate of drug-likeness (QED) is 0.724. The van der Waals surface area contributed by atoms with Crippen molar-refractivity contribution < 1.29 is 9.53 Å². The molecule has 1 unspecified atom stereocenters. The van der Waals surface area contributed by atoms with Crippen molar-refractivity contribution in [2.45, 2.75) is 18.9 Å². The SMILES string of the molecule is O=C(NCC1CCCO1)c1nnn2cc(-c3ccc(Cl)cc3)[nH]c(=O)c12. The number of hydrogen-bond donors (Lipinski definition) is 2. The number of nitrogens with one attached hydrogen (secondary N) is 2. The Morgan fingerprint density at radius 3 is 2.92 bits per heavy atom. The predicted molar refractivity (Wildman–Crippen MR) is 95.4 cm³/mol. The van der Waals surface area contributed by atoms with Gasteiger partial charge in [-0.25, -0.2) is 4.52 Å². The topological polar surface area (TPSA) is 101 Å². The highest BCUT2D eigenvalue weighted by molar-refractivity contribution is 6.30. The first-order valence-corrected chi connectivity index (χ1v) is 8.64. The number of nitrogens with zero attached hydrogens (tertiary/aromatic N) is 3. The number of carbonyl (C=O) groups is 1. The Hall–Kier alpha value is -2.71. The van der Waals surface area contributed by atoms with Crippen LogP contribution in [0.1, 0.15) is 23.3 Å². The molecule has 3 aromatic rings. The molecule has 134 valence electrons. The Kier molecular flexibility index (Phi) is 4.44. The van der Waals surface area contributed by atoms with Crippen molar-refractivity contribution in [3.63, 3.8) is 0 Å². The fraction of sp³-hybridized carbons (Fsp3) is 0.294. The van der Waals surface area contributed by atoms with E-state index in [1.807, 2.05) is 0 Å². The molecule has 0 bridgehead atoms. The molecule has 0 saturated carbocycles. The maximum Gasteiger partial charge on any atom is 0.276 e. The van der Waals surface area contributed by atoms with Gasteiger partial charge in [-0.15, -0.1) is 5.10 Å². The van der Waals surface area contributed by atoms with Crippen LogP contribution in [-0.4, -0.2) is 45.0 Å². The number of aromatic amines is 1. The summed E-state index contributed by atoms with van der Waals surface area (Å²) >= 11 is 5.89. The second kappa shape index (κ2) is 6.89. The highest BCUT2D eigenvalue weighted by Gasteiger charge is 2.21. The summed E-state index contributed by atoms with van der Waals surface area (Å²) in [5, 5.41) is 11.1. The second-order valence-electron chi connectivity index (χ2n) is 6.08. The van der Waals surface area contributed by atoms with Crippen LogP contribution >= 0.6 is 11.6 Å². The van der Waals surface area contributed by atoms with E-state index in [0.717, 1.165) is 18.4 Å². The van der Waals surface area contributed by atoms with Gasteiger partial charge in [-0.05, 0) is 30.5 Å². The molecule has 0 spiro atoms. The molecule has 0 aliphatic carbocycles. The van der Waals surface area contributed by atoms with E-state index in [4.69, 9.17) is 16.3 Å². The van der Waals surface area contributed by atoms with Gasteiger partial charge in [0.15, 0.2) is 11.2 Å². The lowest BCUT2D eigenvalue weighted by molar-refractivity contribution is 0.0855. The Bertz CT molecular complexity index is 1010. The van der Waals surface area contributed by atoms with Gasteiger partial charge in [0.2, 0.25) is 0 Å². The summed E-state index contributed by atoms with van der Waals surface area (Å²) in [5.41, 5.74) is 0.979. The fourth-order valence-corrected chi connectivity index (χ4v) is 3.08.